The fraction of sp³-hybridized carbons (Fsp3) is 0.857. The third kappa shape index (κ3) is 7.08. The molecule has 1 aliphatic heterocycles. The predicted octanol–water partition coefficient (Wildman–Crippen LogP) is 1.91. The van der Waals surface area contributed by atoms with Crippen LogP contribution in [0.5, 0.6) is 0 Å². The van der Waals surface area contributed by atoms with Crippen LogP contribution in [0.25, 0.3) is 0 Å². The molecule has 2 aliphatic rings. The second kappa shape index (κ2) is 9.67. The highest BCUT2D eigenvalue weighted by atomic mass is 16.6. The van der Waals surface area contributed by atoms with Crippen LogP contribution in [0.2, 0.25) is 0 Å². The molecule has 0 spiro atoms. The van der Waals surface area contributed by atoms with Gasteiger partial charge in [-0.2, -0.15) is 0 Å². The molecule has 8 heteroatoms. The Labute approximate surface area is 175 Å². The van der Waals surface area contributed by atoms with Gasteiger partial charge in [-0.25, -0.2) is 9.79 Å². The minimum atomic E-state index is -0.497. The Morgan fingerprint density at radius 1 is 1.21 bits per heavy atom. The van der Waals surface area contributed by atoms with Crippen molar-refractivity contribution < 1.29 is 14.3 Å². The number of nitrogens with zero attached hydrogens (tertiary/aromatic N) is 3. The van der Waals surface area contributed by atoms with Crippen molar-refractivity contribution in [3.63, 3.8) is 0 Å². The number of guanidine groups is 1. The van der Waals surface area contributed by atoms with Crippen LogP contribution < -0.4 is 10.6 Å². The first-order valence-electron chi connectivity index (χ1n) is 10.7. The fourth-order valence-electron chi connectivity index (χ4n) is 3.92. The number of hydrogen-bond acceptors (Lipinski definition) is 4. The number of hydrogen-bond donors (Lipinski definition) is 2. The Morgan fingerprint density at radius 2 is 1.90 bits per heavy atom. The summed E-state index contributed by atoms with van der Waals surface area (Å²) in [5.74, 6) is 2.15. The van der Waals surface area contributed by atoms with E-state index in [1.54, 1.807) is 19.0 Å². The number of ether oxygens (including phenoxy) is 1. The summed E-state index contributed by atoms with van der Waals surface area (Å²) in [6.45, 7) is 12.6. The van der Waals surface area contributed by atoms with E-state index in [4.69, 9.17) is 4.74 Å². The lowest BCUT2D eigenvalue weighted by atomic mass is 9.98. The van der Waals surface area contributed by atoms with Crippen molar-refractivity contribution in [1.82, 2.24) is 20.4 Å². The van der Waals surface area contributed by atoms with Crippen molar-refractivity contribution in [3.8, 4) is 0 Å². The van der Waals surface area contributed by atoms with Crippen molar-refractivity contribution in [2.75, 3.05) is 40.3 Å². The highest BCUT2D eigenvalue weighted by molar-refractivity contribution is 5.85. The number of fused-ring (bicyclic) bond motifs is 1. The molecule has 1 aliphatic carbocycles. The lowest BCUT2D eigenvalue weighted by Gasteiger charge is -2.26. The molecule has 2 amide bonds. The Balaban J connectivity index is 2.01. The summed E-state index contributed by atoms with van der Waals surface area (Å²) in [6, 6.07) is 0.120. The molecule has 8 nitrogen and oxygen atoms in total. The van der Waals surface area contributed by atoms with Gasteiger partial charge in [-0.05, 0) is 45.4 Å². The highest BCUT2D eigenvalue weighted by Gasteiger charge is 2.44. The van der Waals surface area contributed by atoms with E-state index in [1.807, 2.05) is 20.8 Å². The van der Waals surface area contributed by atoms with Crippen LogP contribution in [0.1, 0.15) is 47.5 Å². The first kappa shape index (κ1) is 23.3. The molecule has 0 aromatic heterocycles. The zero-order chi connectivity index (χ0) is 21.8. The number of nitrogens with one attached hydrogen (secondary N) is 2. The first-order valence-corrected chi connectivity index (χ1v) is 10.7. The fourth-order valence-corrected chi connectivity index (χ4v) is 3.92. The summed E-state index contributed by atoms with van der Waals surface area (Å²) in [5, 5.41) is 6.50. The van der Waals surface area contributed by atoms with Crippen molar-refractivity contribution in [3.05, 3.63) is 0 Å². The number of amides is 2. The summed E-state index contributed by atoms with van der Waals surface area (Å²) in [4.78, 5) is 32.6. The summed E-state index contributed by atoms with van der Waals surface area (Å²) in [6.07, 6.45) is 1.72. The molecule has 3 atom stereocenters. The molecule has 29 heavy (non-hydrogen) atoms. The topological polar surface area (TPSA) is 86.3 Å². The molecular formula is C21H39N5O3. The lowest BCUT2D eigenvalue weighted by molar-refractivity contribution is -0.127. The van der Waals surface area contributed by atoms with Gasteiger partial charge in [-0.1, -0.05) is 13.8 Å². The van der Waals surface area contributed by atoms with Gasteiger partial charge in [-0.15, -0.1) is 0 Å². The minimum absolute atomic E-state index is 0.0160. The van der Waals surface area contributed by atoms with Crippen LogP contribution in [-0.2, 0) is 9.53 Å². The van der Waals surface area contributed by atoms with Gasteiger partial charge in [0.2, 0.25) is 5.91 Å². The van der Waals surface area contributed by atoms with Crippen LogP contribution in [0.4, 0.5) is 4.79 Å². The van der Waals surface area contributed by atoms with Crippen LogP contribution in [-0.4, -0.2) is 79.7 Å². The monoisotopic (exact) mass is 409 g/mol. The van der Waals surface area contributed by atoms with Crippen LogP contribution in [0.15, 0.2) is 4.99 Å². The second-order valence-corrected chi connectivity index (χ2v) is 9.86. The predicted molar refractivity (Wildman–Crippen MR) is 115 cm³/mol. The SMILES string of the molecule is CC(C)CNC(=NCC(=O)N(C)C)N1CC2CCC(NC(=O)OC(C)(C)C)C2C1. The Bertz CT molecular complexity index is 612. The maximum atomic E-state index is 12.2. The molecule has 0 aromatic carbocycles. The second-order valence-electron chi connectivity index (χ2n) is 9.86. The van der Waals surface area contributed by atoms with Crippen molar-refractivity contribution in [2.24, 2.45) is 22.7 Å². The van der Waals surface area contributed by atoms with E-state index in [-0.39, 0.29) is 24.6 Å². The van der Waals surface area contributed by atoms with E-state index in [2.05, 4.69) is 34.4 Å². The zero-order valence-corrected chi connectivity index (χ0v) is 19.1. The third-order valence-electron chi connectivity index (χ3n) is 5.39. The molecule has 1 saturated heterocycles. The maximum Gasteiger partial charge on any atom is 0.407 e. The molecule has 2 fully saturated rings. The van der Waals surface area contributed by atoms with Crippen LogP contribution >= 0.6 is 0 Å². The van der Waals surface area contributed by atoms with E-state index in [1.165, 1.54) is 0 Å². The normalized spacial score (nSPS) is 24.5. The Hall–Kier alpha value is -1.99. The largest absolute Gasteiger partial charge is 0.444 e. The van der Waals surface area contributed by atoms with E-state index >= 15 is 0 Å². The van der Waals surface area contributed by atoms with Gasteiger partial charge >= 0.3 is 6.09 Å². The average molecular weight is 410 g/mol. The quantitative estimate of drug-likeness (QED) is 0.535. The Morgan fingerprint density at radius 3 is 2.48 bits per heavy atom. The summed E-state index contributed by atoms with van der Waals surface area (Å²) in [7, 11) is 3.48. The van der Waals surface area contributed by atoms with E-state index in [9.17, 15) is 9.59 Å². The van der Waals surface area contributed by atoms with E-state index in [0.717, 1.165) is 38.4 Å². The molecule has 1 heterocycles. The number of carbonyl (C=O) groups excluding carboxylic acids is 2. The lowest BCUT2D eigenvalue weighted by Crippen LogP contribution is -2.45. The summed E-state index contributed by atoms with van der Waals surface area (Å²) < 4.78 is 5.43. The van der Waals surface area contributed by atoms with Crippen molar-refractivity contribution >= 4 is 18.0 Å². The number of carbonyl (C=O) groups is 2. The molecule has 0 radical (unpaired) electrons. The molecule has 2 rings (SSSR count). The van der Waals surface area contributed by atoms with Gasteiger partial charge in [0, 0.05) is 45.7 Å². The van der Waals surface area contributed by atoms with E-state index < -0.39 is 5.60 Å². The maximum absolute atomic E-state index is 12.2. The summed E-state index contributed by atoms with van der Waals surface area (Å²) in [5.41, 5.74) is -0.497. The first-order chi connectivity index (χ1) is 13.5. The van der Waals surface area contributed by atoms with Gasteiger partial charge in [0.05, 0.1) is 0 Å². The smallest absolute Gasteiger partial charge is 0.407 e. The standard InChI is InChI=1S/C21H39N5O3/c1-14(2)10-22-19(23-11-18(27)25(6)7)26-12-15-8-9-17(16(15)13-26)24-20(28)29-21(3,4)5/h14-17H,8-13H2,1-7H3,(H,22,23)(H,24,28). The number of likely N-dealkylation sites (N-methyl/N-ethyl adjacent to an activating group) is 1. The highest BCUT2D eigenvalue weighted by Crippen LogP contribution is 2.38. The summed E-state index contributed by atoms with van der Waals surface area (Å²) >= 11 is 0. The number of rotatable bonds is 5. The molecular weight excluding hydrogens is 370 g/mol. The third-order valence-corrected chi connectivity index (χ3v) is 5.39. The minimum Gasteiger partial charge on any atom is -0.444 e. The van der Waals surface area contributed by atoms with Gasteiger partial charge < -0.3 is 25.2 Å². The van der Waals surface area contributed by atoms with Gasteiger partial charge in [0.15, 0.2) is 5.96 Å². The van der Waals surface area contributed by atoms with Crippen molar-refractivity contribution in [1.29, 1.82) is 0 Å². The molecule has 166 valence electrons. The zero-order valence-electron chi connectivity index (χ0n) is 19.1. The Kier molecular flexibility index (Phi) is 7.77. The molecule has 2 N–H and O–H groups in total. The number of alkyl carbamates (subject to hydrolysis) is 1. The number of likely N-dealkylation sites (tertiary alicyclic amines) is 1. The van der Waals surface area contributed by atoms with Crippen LogP contribution in [0, 0.1) is 17.8 Å². The van der Waals surface area contributed by atoms with Crippen LogP contribution in [0.3, 0.4) is 0 Å². The van der Waals surface area contributed by atoms with Gasteiger partial charge in [0.1, 0.15) is 12.1 Å². The van der Waals surface area contributed by atoms with E-state index in [0.29, 0.717) is 17.8 Å². The molecule has 0 bridgehead atoms. The molecule has 1 saturated carbocycles. The average Bonchev–Trinajstić information content (AvgIpc) is 3.14. The molecule has 3 unspecified atom stereocenters. The van der Waals surface area contributed by atoms with Crippen molar-refractivity contribution in [2.45, 2.75) is 59.1 Å². The number of aliphatic imine (C=N–C) groups is 1. The van der Waals surface area contributed by atoms with Gasteiger partial charge in [0.25, 0.3) is 0 Å². The van der Waals surface area contributed by atoms with Gasteiger partial charge in [-0.3, -0.25) is 4.79 Å². The molecule has 0 aromatic rings.